The predicted octanol–water partition coefficient (Wildman–Crippen LogP) is 4.91. The van der Waals surface area contributed by atoms with Crippen LogP contribution in [-0.4, -0.2) is 12.6 Å². The van der Waals surface area contributed by atoms with Crippen LogP contribution in [0.1, 0.15) is 85.0 Å². The van der Waals surface area contributed by atoms with Crippen LogP contribution in [-0.2, 0) is 0 Å². The Kier molecular flexibility index (Phi) is 7.18. The highest BCUT2D eigenvalue weighted by molar-refractivity contribution is 4.94. The molecule has 0 aromatic heterocycles. The molecule has 1 N–H and O–H groups in total. The maximum absolute atomic E-state index is 3.62. The molecular formula is C16H33N. The van der Waals surface area contributed by atoms with Crippen LogP contribution in [0.15, 0.2) is 0 Å². The molecule has 17 heavy (non-hydrogen) atoms. The Labute approximate surface area is 109 Å². The van der Waals surface area contributed by atoms with Gasteiger partial charge in [-0.15, -0.1) is 0 Å². The van der Waals surface area contributed by atoms with Crippen molar-refractivity contribution in [2.45, 2.75) is 91.0 Å². The van der Waals surface area contributed by atoms with Gasteiger partial charge in [0, 0.05) is 12.6 Å². The molecule has 102 valence electrons. The smallest absolute Gasteiger partial charge is 0.00106 e. The van der Waals surface area contributed by atoms with E-state index in [2.05, 4.69) is 26.1 Å². The number of unbranched alkanes of at least 4 members (excludes halogenated alkanes) is 6. The monoisotopic (exact) mass is 239 g/mol. The lowest BCUT2D eigenvalue weighted by molar-refractivity contribution is 0.386. The zero-order valence-corrected chi connectivity index (χ0v) is 12.4. The maximum atomic E-state index is 3.62. The fraction of sp³-hybridized carbons (Fsp3) is 1.00. The number of nitrogens with one attached hydrogen (secondary N) is 1. The van der Waals surface area contributed by atoms with Gasteiger partial charge in [0.1, 0.15) is 0 Å². The van der Waals surface area contributed by atoms with Crippen LogP contribution in [0.25, 0.3) is 0 Å². The van der Waals surface area contributed by atoms with Crippen LogP contribution in [0.4, 0.5) is 0 Å². The number of hydrogen-bond donors (Lipinski definition) is 1. The molecule has 0 aromatic rings. The maximum Gasteiger partial charge on any atom is 0.00106 e. The summed E-state index contributed by atoms with van der Waals surface area (Å²) in [6.07, 6.45) is 14.5. The van der Waals surface area contributed by atoms with E-state index in [0.29, 0.717) is 11.5 Å². The first-order valence-electron chi connectivity index (χ1n) is 7.92. The second kappa shape index (κ2) is 8.13. The van der Waals surface area contributed by atoms with E-state index in [9.17, 15) is 0 Å². The topological polar surface area (TPSA) is 12.0 Å². The van der Waals surface area contributed by atoms with Gasteiger partial charge in [0.05, 0.1) is 0 Å². The van der Waals surface area contributed by atoms with E-state index in [1.165, 1.54) is 70.8 Å². The summed E-state index contributed by atoms with van der Waals surface area (Å²) in [6, 6.07) is 0.654. The van der Waals surface area contributed by atoms with Crippen molar-refractivity contribution < 1.29 is 0 Å². The summed E-state index contributed by atoms with van der Waals surface area (Å²) >= 11 is 0. The molecule has 0 saturated heterocycles. The van der Waals surface area contributed by atoms with Gasteiger partial charge < -0.3 is 5.32 Å². The highest BCUT2D eigenvalue weighted by Gasteiger charge is 2.41. The number of rotatable bonds is 11. The zero-order valence-electron chi connectivity index (χ0n) is 12.4. The van der Waals surface area contributed by atoms with E-state index >= 15 is 0 Å². The van der Waals surface area contributed by atoms with Crippen LogP contribution in [0, 0.1) is 5.41 Å². The Hall–Kier alpha value is -0.0400. The van der Waals surface area contributed by atoms with Crippen LogP contribution in [0.3, 0.4) is 0 Å². The molecule has 0 aliphatic heterocycles. The van der Waals surface area contributed by atoms with E-state index in [4.69, 9.17) is 0 Å². The van der Waals surface area contributed by atoms with Gasteiger partial charge >= 0.3 is 0 Å². The van der Waals surface area contributed by atoms with E-state index in [-0.39, 0.29) is 0 Å². The molecule has 0 aromatic carbocycles. The Balaban J connectivity index is 1.91. The molecule has 0 heterocycles. The third-order valence-electron chi connectivity index (χ3n) is 4.15. The van der Waals surface area contributed by atoms with Crippen molar-refractivity contribution in [3.05, 3.63) is 0 Å². The van der Waals surface area contributed by atoms with Crippen molar-refractivity contribution in [2.75, 3.05) is 6.54 Å². The molecule has 0 radical (unpaired) electrons. The summed E-state index contributed by atoms with van der Waals surface area (Å²) in [7, 11) is 0. The van der Waals surface area contributed by atoms with Gasteiger partial charge in [-0.05, 0) is 24.7 Å². The third-order valence-corrected chi connectivity index (χ3v) is 4.15. The molecular weight excluding hydrogens is 206 g/mol. The molecule has 0 spiro atoms. The van der Waals surface area contributed by atoms with Gasteiger partial charge in [-0.3, -0.25) is 0 Å². The molecule has 0 amide bonds. The zero-order chi connectivity index (χ0) is 12.6. The lowest BCUT2D eigenvalue weighted by atomic mass is 9.97. The molecule has 0 unspecified atom stereocenters. The summed E-state index contributed by atoms with van der Waals surface area (Å²) in [5.41, 5.74) is 0.716. The number of hydrogen-bond acceptors (Lipinski definition) is 1. The predicted molar refractivity (Wildman–Crippen MR) is 77.4 cm³/mol. The molecule has 1 rings (SSSR count). The van der Waals surface area contributed by atoms with Crippen LogP contribution in [0.2, 0.25) is 0 Å². The molecule has 1 nitrogen and oxygen atoms in total. The van der Waals surface area contributed by atoms with E-state index < -0.39 is 0 Å². The van der Waals surface area contributed by atoms with Gasteiger partial charge in [0.25, 0.3) is 0 Å². The summed E-state index contributed by atoms with van der Waals surface area (Å²) in [4.78, 5) is 0. The average molecular weight is 239 g/mol. The summed E-state index contributed by atoms with van der Waals surface area (Å²) < 4.78 is 0. The largest absolute Gasteiger partial charge is 0.314 e. The van der Waals surface area contributed by atoms with Crippen molar-refractivity contribution in [1.29, 1.82) is 0 Å². The molecule has 1 aliphatic rings. The van der Waals surface area contributed by atoms with Gasteiger partial charge in [-0.2, -0.15) is 0 Å². The SMILES string of the molecule is CCCCCCCCCC1(CNC(C)C)CC1. The third kappa shape index (κ3) is 7.08. The first-order valence-corrected chi connectivity index (χ1v) is 7.92. The van der Waals surface area contributed by atoms with Gasteiger partial charge in [0.15, 0.2) is 0 Å². The Morgan fingerprint density at radius 1 is 0.941 bits per heavy atom. The van der Waals surface area contributed by atoms with Gasteiger partial charge in [-0.25, -0.2) is 0 Å². The van der Waals surface area contributed by atoms with Crippen LogP contribution >= 0.6 is 0 Å². The Bertz CT molecular complexity index is 182. The fourth-order valence-electron chi connectivity index (χ4n) is 2.57. The second-order valence-electron chi connectivity index (χ2n) is 6.41. The highest BCUT2D eigenvalue weighted by Crippen LogP contribution is 2.49. The summed E-state index contributed by atoms with van der Waals surface area (Å²) in [6.45, 7) is 8.06. The van der Waals surface area contributed by atoms with Gasteiger partial charge in [-0.1, -0.05) is 65.7 Å². The summed E-state index contributed by atoms with van der Waals surface area (Å²) in [5, 5.41) is 3.62. The van der Waals surface area contributed by atoms with Crippen molar-refractivity contribution in [2.24, 2.45) is 5.41 Å². The minimum absolute atomic E-state index is 0.654. The van der Waals surface area contributed by atoms with Crippen molar-refractivity contribution in [3.8, 4) is 0 Å². The van der Waals surface area contributed by atoms with Crippen molar-refractivity contribution >= 4 is 0 Å². The molecule has 1 aliphatic carbocycles. The van der Waals surface area contributed by atoms with Crippen LogP contribution in [0.5, 0.6) is 0 Å². The van der Waals surface area contributed by atoms with Crippen molar-refractivity contribution in [3.63, 3.8) is 0 Å². The highest BCUT2D eigenvalue weighted by atomic mass is 14.9. The second-order valence-corrected chi connectivity index (χ2v) is 6.41. The lowest BCUT2D eigenvalue weighted by Gasteiger charge is -2.17. The first kappa shape index (κ1) is 15.0. The normalized spacial score (nSPS) is 17.6. The van der Waals surface area contributed by atoms with Crippen molar-refractivity contribution in [1.82, 2.24) is 5.32 Å². The average Bonchev–Trinajstić information content (AvgIpc) is 3.06. The molecule has 0 bridgehead atoms. The minimum Gasteiger partial charge on any atom is -0.314 e. The van der Waals surface area contributed by atoms with Crippen LogP contribution < -0.4 is 5.32 Å². The van der Waals surface area contributed by atoms with Gasteiger partial charge in [0.2, 0.25) is 0 Å². The minimum atomic E-state index is 0.654. The lowest BCUT2D eigenvalue weighted by Crippen LogP contribution is -2.29. The Morgan fingerprint density at radius 3 is 2.06 bits per heavy atom. The standard InChI is InChI=1S/C16H33N/c1-4-5-6-7-8-9-10-11-16(12-13-16)14-17-15(2)3/h15,17H,4-14H2,1-3H3. The molecule has 1 fully saturated rings. The van der Waals surface area contributed by atoms with E-state index in [0.717, 1.165) is 0 Å². The summed E-state index contributed by atoms with van der Waals surface area (Å²) in [5.74, 6) is 0. The van der Waals surface area contributed by atoms with E-state index in [1.807, 2.05) is 0 Å². The Morgan fingerprint density at radius 2 is 1.53 bits per heavy atom. The fourth-order valence-corrected chi connectivity index (χ4v) is 2.57. The molecule has 0 atom stereocenters. The van der Waals surface area contributed by atoms with E-state index in [1.54, 1.807) is 0 Å². The quantitative estimate of drug-likeness (QED) is 0.505. The molecule has 1 saturated carbocycles. The first-order chi connectivity index (χ1) is 8.18. The molecule has 1 heteroatoms.